The molecular weight excluding hydrogens is 206 g/mol. The molecule has 0 aliphatic heterocycles. The largest absolute Gasteiger partial charge is 0.260 e. The van der Waals surface area contributed by atoms with Gasteiger partial charge >= 0.3 is 0 Å². The molecule has 0 saturated heterocycles. The highest BCUT2D eigenvalue weighted by molar-refractivity contribution is 7.04. The molecule has 76 valence electrons. The maximum absolute atomic E-state index is 4.41. The number of hydrogen-bond donors (Lipinski definition) is 0. The monoisotopic (exact) mass is 217 g/mol. The van der Waals surface area contributed by atoms with Crippen molar-refractivity contribution in [3.05, 3.63) is 41.7 Å². The molecule has 0 spiro atoms. The van der Waals surface area contributed by atoms with E-state index in [0.29, 0.717) is 0 Å². The van der Waals surface area contributed by atoms with E-state index < -0.39 is 0 Å². The minimum absolute atomic E-state index is 0.758. The van der Waals surface area contributed by atoms with E-state index in [0.717, 1.165) is 16.2 Å². The lowest BCUT2D eigenvalue weighted by atomic mass is 10.2. The van der Waals surface area contributed by atoms with Crippen molar-refractivity contribution in [2.75, 3.05) is 7.05 Å². The molecule has 0 radical (unpaired) electrons. The first-order valence-electron chi connectivity index (χ1n) is 4.56. The van der Waals surface area contributed by atoms with Crippen LogP contribution in [0.2, 0.25) is 0 Å². The average Bonchev–Trinajstić information content (AvgIpc) is 2.73. The molecule has 15 heavy (non-hydrogen) atoms. The molecule has 0 fully saturated rings. The number of hydrogen-bond acceptors (Lipinski definition) is 3. The Balaban J connectivity index is 2.62. The normalized spacial score (nSPS) is 11.7. The van der Waals surface area contributed by atoms with Crippen molar-refractivity contribution in [2.24, 2.45) is 4.99 Å². The first-order valence-corrected chi connectivity index (χ1v) is 5.33. The Morgan fingerprint density at radius 2 is 2.13 bits per heavy atom. The van der Waals surface area contributed by atoms with Crippen LogP contribution in [-0.2, 0) is 0 Å². The van der Waals surface area contributed by atoms with Gasteiger partial charge < -0.3 is 0 Å². The van der Waals surface area contributed by atoms with Crippen LogP contribution >= 0.6 is 11.5 Å². The van der Waals surface area contributed by atoms with Crippen LogP contribution in [-0.4, -0.2) is 16.0 Å². The molecule has 0 unspecified atom stereocenters. The highest BCUT2D eigenvalue weighted by Crippen LogP contribution is 2.16. The SMILES string of the molecule is C=Cn1sc(=NC)nc1-c1ccccc1. The summed E-state index contributed by atoms with van der Waals surface area (Å²) in [6.45, 7) is 3.76. The van der Waals surface area contributed by atoms with Crippen LogP contribution in [0.5, 0.6) is 0 Å². The molecule has 0 bridgehead atoms. The van der Waals surface area contributed by atoms with Gasteiger partial charge in [-0.2, -0.15) is 4.98 Å². The molecular formula is C11H11N3S. The van der Waals surface area contributed by atoms with Crippen LogP contribution in [0.3, 0.4) is 0 Å². The molecule has 1 aromatic heterocycles. The first kappa shape index (κ1) is 9.86. The zero-order valence-electron chi connectivity index (χ0n) is 8.42. The van der Waals surface area contributed by atoms with Crippen molar-refractivity contribution in [1.29, 1.82) is 0 Å². The van der Waals surface area contributed by atoms with E-state index in [-0.39, 0.29) is 0 Å². The molecule has 0 amide bonds. The standard InChI is InChI=1S/C11H11N3S/c1-3-14-10(13-11(12-2)15-14)9-7-5-4-6-8-9/h3-8H,1H2,2H3. The van der Waals surface area contributed by atoms with E-state index in [1.807, 2.05) is 34.3 Å². The van der Waals surface area contributed by atoms with Crippen LogP contribution in [0.15, 0.2) is 41.9 Å². The third-order valence-electron chi connectivity index (χ3n) is 1.98. The Bertz CT molecular complexity index is 522. The summed E-state index contributed by atoms with van der Waals surface area (Å²) in [4.78, 5) is 9.24. The van der Waals surface area contributed by atoms with Crippen molar-refractivity contribution in [2.45, 2.75) is 0 Å². The van der Waals surface area contributed by atoms with Crippen molar-refractivity contribution in [3.63, 3.8) is 0 Å². The first-order chi connectivity index (χ1) is 7.35. The number of benzene rings is 1. The third kappa shape index (κ3) is 1.89. The summed E-state index contributed by atoms with van der Waals surface area (Å²) in [5.74, 6) is 0.885. The Kier molecular flexibility index (Phi) is 2.78. The molecule has 4 heteroatoms. The van der Waals surface area contributed by atoms with Gasteiger partial charge in [0.15, 0.2) is 5.82 Å². The molecule has 0 atom stereocenters. The second-order valence-electron chi connectivity index (χ2n) is 2.91. The van der Waals surface area contributed by atoms with Gasteiger partial charge in [-0.05, 0) is 11.5 Å². The lowest BCUT2D eigenvalue weighted by molar-refractivity contribution is 1.15. The van der Waals surface area contributed by atoms with Crippen LogP contribution in [0.1, 0.15) is 0 Å². The molecule has 0 aliphatic carbocycles. The molecule has 0 saturated carbocycles. The fraction of sp³-hybridized carbons (Fsp3) is 0.0909. The molecule has 2 aromatic rings. The quantitative estimate of drug-likeness (QED) is 0.758. The topological polar surface area (TPSA) is 30.2 Å². The van der Waals surface area contributed by atoms with Crippen LogP contribution < -0.4 is 4.80 Å². The fourth-order valence-electron chi connectivity index (χ4n) is 1.29. The fourth-order valence-corrected chi connectivity index (χ4v) is 1.98. The van der Waals surface area contributed by atoms with Crippen molar-refractivity contribution in [1.82, 2.24) is 8.94 Å². The van der Waals surface area contributed by atoms with Gasteiger partial charge in [0.2, 0.25) is 4.80 Å². The minimum atomic E-state index is 0.758. The molecule has 0 N–H and O–H groups in total. The summed E-state index contributed by atoms with van der Waals surface area (Å²) in [5, 5.41) is 0. The molecule has 0 aliphatic rings. The maximum atomic E-state index is 4.41. The van der Waals surface area contributed by atoms with Crippen molar-refractivity contribution >= 4 is 17.7 Å². The summed E-state index contributed by atoms with van der Waals surface area (Å²) in [6, 6.07) is 10.0. The Morgan fingerprint density at radius 1 is 1.40 bits per heavy atom. The molecule has 3 nitrogen and oxygen atoms in total. The predicted octanol–water partition coefficient (Wildman–Crippen LogP) is 2.24. The second-order valence-corrected chi connectivity index (χ2v) is 3.85. The zero-order chi connectivity index (χ0) is 10.7. The van der Waals surface area contributed by atoms with Gasteiger partial charge in [-0.1, -0.05) is 36.9 Å². The smallest absolute Gasteiger partial charge is 0.222 e. The van der Waals surface area contributed by atoms with Gasteiger partial charge in [0.1, 0.15) is 0 Å². The Labute approximate surface area is 92.2 Å². The predicted molar refractivity (Wildman–Crippen MR) is 63.4 cm³/mol. The zero-order valence-corrected chi connectivity index (χ0v) is 9.24. The van der Waals surface area contributed by atoms with Gasteiger partial charge in [-0.3, -0.25) is 8.95 Å². The van der Waals surface area contributed by atoms with Gasteiger partial charge in [-0.15, -0.1) is 0 Å². The molecule has 1 aromatic carbocycles. The van der Waals surface area contributed by atoms with Crippen LogP contribution in [0, 0.1) is 0 Å². The van der Waals surface area contributed by atoms with E-state index in [9.17, 15) is 0 Å². The van der Waals surface area contributed by atoms with Gasteiger partial charge in [-0.25, -0.2) is 0 Å². The lowest BCUT2D eigenvalue weighted by Crippen LogP contribution is -1.96. The van der Waals surface area contributed by atoms with E-state index in [4.69, 9.17) is 0 Å². The number of rotatable bonds is 2. The van der Waals surface area contributed by atoms with Crippen LogP contribution in [0.4, 0.5) is 0 Å². The van der Waals surface area contributed by atoms with Crippen LogP contribution in [0.25, 0.3) is 17.6 Å². The van der Waals surface area contributed by atoms with Gasteiger partial charge in [0.05, 0.1) is 0 Å². The van der Waals surface area contributed by atoms with Gasteiger partial charge in [0, 0.05) is 18.8 Å². The van der Waals surface area contributed by atoms with Crippen molar-refractivity contribution in [3.8, 4) is 11.4 Å². The number of nitrogens with zero attached hydrogens (tertiary/aromatic N) is 3. The molecule has 1 heterocycles. The summed E-state index contributed by atoms with van der Waals surface area (Å²) in [7, 11) is 1.74. The summed E-state index contributed by atoms with van der Waals surface area (Å²) in [5.41, 5.74) is 1.07. The third-order valence-corrected chi connectivity index (χ3v) is 2.94. The highest BCUT2D eigenvalue weighted by atomic mass is 32.1. The highest BCUT2D eigenvalue weighted by Gasteiger charge is 2.05. The maximum Gasteiger partial charge on any atom is 0.222 e. The second kappa shape index (κ2) is 4.23. The van der Waals surface area contributed by atoms with Crippen molar-refractivity contribution < 1.29 is 0 Å². The van der Waals surface area contributed by atoms with E-state index in [2.05, 4.69) is 16.6 Å². The van der Waals surface area contributed by atoms with E-state index in [1.165, 1.54) is 11.5 Å². The summed E-state index contributed by atoms with van der Waals surface area (Å²) >= 11 is 1.48. The summed E-state index contributed by atoms with van der Waals surface area (Å²) < 4.78 is 1.91. The van der Waals surface area contributed by atoms with E-state index in [1.54, 1.807) is 13.2 Å². The van der Waals surface area contributed by atoms with Gasteiger partial charge in [0.25, 0.3) is 0 Å². The average molecular weight is 217 g/mol. The lowest BCUT2D eigenvalue weighted by Gasteiger charge is -1.98. The number of aromatic nitrogens is 2. The minimum Gasteiger partial charge on any atom is -0.260 e. The van der Waals surface area contributed by atoms with E-state index >= 15 is 0 Å². The Morgan fingerprint density at radius 3 is 2.73 bits per heavy atom. The Hall–Kier alpha value is -1.68. The summed E-state index contributed by atoms with van der Waals surface area (Å²) in [6.07, 6.45) is 1.74. The molecule has 2 rings (SSSR count).